The number of primary sulfonamides is 1. The summed E-state index contributed by atoms with van der Waals surface area (Å²) in [6, 6.07) is 23.8. The number of aliphatic hydroxyl groups is 1. The van der Waals surface area contributed by atoms with Crippen LogP contribution in [0.2, 0.25) is 0 Å². The number of carboxylic acid groups (broad SMARTS) is 3. The highest BCUT2D eigenvalue weighted by atomic mass is 32.2. The van der Waals surface area contributed by atoms with Gasteiger partial charge in [-0.3, -0.25) is 30.3 Å². The summed E-state index contributed by atoms with van der Waals surface area (Å²) in [5, 5.41) is 57.5. The van der Waals surface area contributed by atoms with E-state index in [1.54, 1.807) is 84.9 Å². The second-order valence-electron chi connectivity index (χ2n) is 24.0. The Morgan fingerprint density at radius 3 is 1.45 bits per heavy atom. The number of nitrogens with two attached hydrogens (primary N) is 1. The van der Waals surface area contributed by atoms with Gasteiger partial charge in [-0.1, -0.05) is 77.8 Å². The largest absolute Gasteiger partial charge is 0.480 e. The number of aliphatic hydroxyl groups excluding tert-OH is 1. The molecule has 1 atom stereocenters. The number of benzene rings is 3. The Labute approximate surface area is 643 Å². The van der Waals surface area contributed by atoms with Gasteiger partial charge in [0.1, 0.15) is 44.3 Å². The van der Waals surface area contributed by atoms with Crippen molar-refractivity contribution < 1.29 is 81.4 Å². The lowest BCUT2D eigenvalue weighted by atomic mass is 9.99. The van der Waals surface area contributed by atoms with E-state index >= 15 is 0 Å². The van der Waals surface area contributed by atoms with Crippen LogP contribution in [-0.2, 0) is 40.4 Å². The average Bonchev–Trinajstić information content (AvgIpc) is 1.24. The minimum atomic E-state index is -3.83. The van der Waals surface area contributed by atoms with Gasteiger partial charge in [-0.2, -0.15) is 15.0 Å². The third-order valence-corrected chi connectivity index (χ3v) is 20.2. The molecule has 2 saturated heterocycles. The number of esters is 3. The number of carboxylic acids is 3. The minimum Gasteiger partial charge on any atom is -0.480 e. The van der Waals surface area contributed by atoms with E-state index in [4.69, 9.17) is 34.4 Å². The van der Waals surface area contributed by atoms with Gasteiger partial charge >= 0.3 is 35.8 Å². The highest BCUT2D eigenvalue weighted by Crippen LogP contribution is 2.34. The highest BCUT2D eigenvalue weighted by molar-refractivity contribution is 7.89. The van der Waals surface area contributed by atoms with Gasteiger partial charge in [0, 0.05) is 88.7 Å². The number of carbonyl (C=O) groups is 8. The molecule has 110 heavy (non-hydrogen) atoms. The molecule has 3 aromatic carbocycles. The zero-order chi connectivity index (χ0) is 78.6. The molecule has 0 aliphatic carbocycles. The summed E-state index contributed by atoms with van der Waals surface area (Å²) in [4.78, 5) is 142. The van der Waals surface area contributed by atoms with E-state index in [-0.39, 0.29) is 96.8 Å². The number of amides is 2. The lowest BCUT2D eigenvalue weighted by Crippen LogP contribution is -2.37. The van der Waals surface area contributed by atoms with Crippen LogP contribution in [0.15, 0.2) is 95.9 Å². The number of aryl methyl sites for hydroxylation is 3. The summed E-state index contributed by atoms with van der Waals surface area (Å²) in [5.74, 6) is -3.05. The van der Waals surface area contributed by atoms with E-state index in [1.165, 1.54) is 53.8 Å². The van der Waals surface area contributed by atoms with Crippen molar-refractivity contribution in [2.75, 3.05) is 103 Å². The van der Waals surface area contributed by atoms with Gasteiger partial charge in [0.2, 0.25) is 33.8 Å². The number of piperidine rings is 1. The fourth-order valence-corrected chi connectivity index (χ4v) is 13.9. The van der Waals surface area contributed by atoms with E-state index in [2.05, 4.69) is 71.3 Å². The molecule has 0 spiro atoms. The lowest BCUT2D eigenvalue weighted by Gasteiger charge is -2.33. The Balaban J connectivity index is 0.000000207. The molecule has 39 heteroatoms. The van der Waals surface area contributed by atoms with Crippen molar-refractivity contribution in [1.82, 2.24) is 55.1 Å². The smallest absolute Gasteiger partial charge is 0.350 e. The molecule has 8 heterocycles. The Kier molecular flexibility index (Phi) is 29.6. The number of sulfonamides is 1. The second-order valence-corrected chi connectivity index (χ2v) is 28.6. The van der Waals surface area contributed by atoms with Gasteiger partial charge in [-0.25, -0.2) is 67.4 Å². The third kappa shape index (κ3) is 23.1. The number of nitrogens with one attached hydrogen (secondary N) is 5. The fraction of sp³-hybridized carbons (Fsp3) is 0.338. The number of aromatic nitrogens is 9. The van der Waals surface area contributed by atoms with E-state index in [0.717, 1.165) is 59.6 Å². The maximum Gasteiger partial charge on any atom is 0.350 e. The number of hydrogen-bond donors (Lipinski definition) is 10. The topological polar surface area (TPSA) is 491 Å². The summed E-state index contributed by atoms with van der Waals surface area (Å²) < 4.78 is 38.1. The van der Waals surface area contributed by atoms with Crippen LogP contribution < -0.4 is 41.5 Å². The number of hydrogen-bond acceptors (Lipinski definition) is 32. The van der Waals surface area contributed by atoms with E-state index < -0.39 is 58.3 Å². The summed E-state index contributed by atoms with van der Waals surface area (Å²) >= 11 is 3.34. The number of ether oxygens (including phenoxy) is 3. The van der Waals surface area contributed by atoms with Crippen molar-refractivity contribution in [2.45, 2.75) is 86.6 Å². The fourth-order valence-electron chi connectivity index (χ4n) is 10.8. The van der Waals surface area contributed by atoms with Gasteiger partial charge in [-0.05, 0) is 109 Å². The van der Waals surface area contributed by atoms with Crippen LogP contribution in [0.4, 0.5) is 50.7 Å². The lowest BCUT2D eigenvalue weighted by molar-refractivity contribution is -0.135. The zero-order valence-corrected chi connectivity index (χ0v) is 63.3. The van der Waals surface area contributed by atoms with E-state index in [0.29, 0.717) is 109 Å². The van der Waals surface area contributed by atoms with Crippen molar-refractivity contribution in [3.05, 3.63) is 145 Å². The Morgan fingerprint density at radius 2 is 1.02 bits per heavy atom. The number of nitrogens with zero attached hydrogens (tertiary/aromatic N) is 12. The monoisotopic (exact) mass is 1590 g/mol. The molecule has 2 aliphatic heterocycles. The first-order valence-corrected chi connectivity index (χ1v) is 37.9. The van der Waals surface area contributed by atoms with Crippen LogP contribution in [-0.4, -0.2) is 198 Å². The molecule has 11 rings (SSSR count). The van der Waals surface area contributed by atoms with Crippen LogP contribution in [0.3, 0.4) is 0 Å². The number of carbonyl (C=O) groups excluding carboxylic acids is 5. The standard InChI is InChI=1S/C25H28N6O5S.C24H27N5O5S.C21H23N7O7S2.CH4/c1-4-36-23(35)21-15(2)26-25(37-21)29-24-27-19(17-6-8-18(9-7-17)22(33)34)14-20(28-24)31-11-5-10-30(12-13-31)16(3)32;1-3-34-22(33)20-14(2)25-24(35-20)28-23-26-18(16-6-8-17(9-7-16)21(31)32)11-19(27-23)29-10-4-5-15(12-29)13-30;1-3-35-19(32)17-11(2)25-21(36-17)28-20-26-14(18(31)24-10-16(29)30)8-15(27-20)23-9-12-4-6-13(7-5-12)37(22,33)34;/h6-9,14H,4-5,10-13H2,1-3H3,(H,33,34)(H,26,27,28,29);6-9,11,15,30H,3-5,10,12-13H2,1-2H3,(H,31,32)(H,25,26,27,28);4-8H,3,9-10H2,1-2H3,(H,24,31)(H,29,30)(H2,22,33,34)(H2,23,25,26,27,28);1H4. The molecule has 11 N–H and O–H groups in total. The first-order chi connectivity index (χ1) is 52.1. The third-order valence-electron chi connectivity index (χ3n) is 16.2. The molecule has 582 valence electrons. The molecule has 0 radical (unpaired) electrons. The Hall–Kier alpha value is -11.8. The molecule has 35 nitrogen and oxygen atoms in total. The Bertz CT molecular complexity index is 4910. The van der Waals surface area contributed by atoms with Crippen molar-refractivity contribution in [1.29, 1.82) is 0 Å². The molecule has 6 aromatic heterocycles. The van der Waals surface area contributed by atoms with Crippen LogP contribution in [0.5, 0.6) is 0 Å². The zero-order valence-electron chi connectivity index (χ0n) is 60.0. The number of thiazole rings is 3. The van der Waals surface area contributed by atoms with Crippen LogP contribution in [0.1, 0.15) is 137 Å². The molecule has 2 amide bonds. The van der Waals surface area contributed by atoms with Crippen molar-refractivity contribution in [3.63, 3.8) is 0 Å². The quantitative estimate of drug-likeness (QED) is 0.0178. The molecule has 2 fully saturated rings. The van der Waals surface area contributed by atoms with Crippen molar-refractivity contribution >= 4 is 142 Å². The number of aromatic carboxylic acids is 2. The summed E-state index contributed by atoms with van der Waals surface area (Å²) in [6.07, 6.45) is 2.69. The van der Waals surface area contributed by atoms with Gasteiger partial charge in [-0.15, -0.1) is 0 Å². The molecule has 0 saturated carbocycles. The Morgan fingerprint density at radius 1 is 0.564 bits per heavy atom. The first kappa shape index (κ1) is 83.9. The molecule has 2 aliphatic rings. The van der Waals surface area contributed by atoms with E-state index in [9.17, 15) is 62.1 Å². The maximum absolute atomic E-state index is 12.5. The molecule has 0 bridgehead atoms. The summed E-state index contributed by atoms with van der Waals surface area (Å²) in [5.41, 5.74) is 5.11. The van der Waals surface area contributed by atoms with E-state index in [1.807, 2.05) is 17.0 Å². The van der Waals surface area contributed by atoms with Crippen molar-refractivity contribution in [3.8, 4) is 22.5 Å². The predicted molar refractivity (Wildman–Crippen MR) is 412 cm³/mol. The summed E-state index contributed by atoms with van der Waals surface area (Å²) in [6.45, 7) is 16.4. The SMILES string of the molecule is C.CCOC(=O)c1sc(Nc2nc(-c3ccc(C(=O)O)cc3)cc(N3CCCC(CO)C3)n2)nc1C.CCOC(=O)c1sc(Nc2nc(-c3ccc(C(=O)O)cc3)cc(N3CCCN(C(C)=O)CC3)n2)nc1C.CCOC(=O)c1sc(Nc2nc(NCc3ccc(S(N)(=O)=O)cc3)cc(C(=O)NCC(=O)O)n2)nc1C. The minimum absolute atomic E-state index is 0. The van der Waals surface area contributed by atoms with Crippen LogP contribution in [0, 0.1) is 26.7 Å². The number of rotatable bonds is 26. The van der Waals surface area contributed by atoms with Crippen LogP contribution >= 0.6 is 34.0 Å². The number of anilines is 9. The average molecular weight is 1590 g/mol. The normalized spacial score (nSPS) is 13.3. The maximum atomic E-state index is 12.5. The summed E-state index contributed by atoms with van der Waals surface area (Å²) in [7, 11) is -3.83. The second kappa shape index (κ2) is 38.8. The van der Waals surface area contributed by atoms with Crippen LogP contribution in [0.25, 0.3) is 22.5 Å². The molecule has 9 aromatic rings. The van der Waals surface area contributed by atoms with Crippen molar-refractivity contribution in [2.24, 2.45) is 11.1 Å². The highest BCUT2D eigenvalue weighted by Gasteiger charge is 2.27. The van der Waals surface area contributed by atoms with Gasteiger partial charge in [0.25, 0.3) is 5.91 Å². The van der Waals surface area contributed by atoms with Gasteiger partial charge < -0.3 is 60.0 Å². The molecular formula is C71H82N18O17S4. The number of aliphatic carboxylic acids is 1. The van der Waals surface area contributed by atoms with Gasteiger partial charge in [0.05, 0.1) is 64.3 Å². The molecule has 1 unspecified atom stereocenters. The first-order valence-electron chi connectivity index (χ1n) is 33.9. The molecular weight excluding hydrogens is 1510 g/mol. The predicted octanol–water partition coefficient (Wildman–Crippen LogP) is 9.19. The van der Waals surface area contributed by atoms with Gasteiger partial charge in [0.15, 0.2) is 15.4 Å².